The average molecular weight is 584 g/mol. The lowest BCUT2D eigenvalue weighted by atomic mass is 9.96. The van der Waals surface area contributed by atoms with Gasteiger partial charge in [0.25, 0.3) is 11.8 Å². The van der Waals surface area contributed by atoms with Gasteiger partial charge in [0.15, 0.2) is 5.82 Å². The van der Waals surface area contributed by atoms with E-state index in [2.05, 4.69) is 49.4 Å². The normalized spacial score (nSPS) is 14.5. The average Bonchev–Trinajstić information content (AvgIpc) is 3.60. The third-order valence-corrected chi connectivity index (χ3v) is 6.72. The van der Waals surface area contributed by atoms with E-state index in [4.69, 9.17) is 4.74 Å². The summed E-state index contributed by atoms with van der Waals surface area (Å²) in [5.74, 6) is -0.0139. The molecule has 180 valence electrons. The van der Waals surface area contributed by atoms with Crippen LogP contribution in [-0.4, -0.2) is 39.2 Å². The Hall–Kier alpha value is -3.46. The minimum absolute atomic E-state index is 0.127. The fraction of sp³-hybridized carbons (Fsp3) is 0.320. The third kappa shape index (κ3) is 5.00. The van der Waals surface area contributed by atoms with E-state index < -0.39 is 17.4 Å². The molecule has 1 saturated carbocycles. The second kappa shape index (κ2) is 9.65. The molecule has 4 rings (SSSR count). The number of pyridine rings is 1. The molecule has 3 aromatic rings. The monoisotopic (exact) mass is 584 g/mol. The molecule has 1 fully saturated rings. The lowest BCUT2D eigenvalue weighted by Crippen LogP contribution is -2.47. The number of anilines is 1. The first-order valence-corrected chi connectivity index (χ1v) is 12.2. The Balaban J connectivity index is 1.71. The van der Waals surface area contributed by atoms with Gasteiger partial charge in [0.1, 0.15) is 11.2 Å². The number of amides is 2. The summed E-state index contributed by atoms with van der Waals surface area (Å²) in [6.07, 6.45) is 3.42. The van der Waals surface area contributed by atoms with Gasteiger partial charge >= 0.3 is 0 Å². The number of carbonyl (C=O) groups excluding carboxylic acids is 2. The van der Waals surface area contributed by atoms with Gasteiger partial charge in [-0.3, -0.25) is 9.59 Å². The maximum atomic E-state index is 13.5. The molecule has 0 radical (unpaired) electrons. The van der Waals surface area contributed by atoms with Crippen molar-refractivity contribution in [3.8, 4) is 17.8 Å². The highest BCUT2D eigenvalue weighted by atomic mass is 127. The van der Waals surface area contributed by atoms with Crippen LogP contribution in [0.3, 0.4) is 0 Å². The number of methoxy groups -OCH3 is 1. The third-order valence-electron chi connectivity index (χ3n) is 6.09. The van der Waals surface area contributed by atoms with Crippen LogP contribution in [0.1, 0.15) is 51.7 Å². The predicted molar refractivity (Wildman–Crippen MR) is 139 cm³/mol. The van der Waals surface area contributed by atoms with Gasteiger partial charge < -0.3 is 15.4 Å². The molecule has 1 aliphatic carbocycles. The number of aromatic nitrogens is 3. The fourth-order valence-corrected chi connectivity index (χ4v) is 4.71. The second-order valence-corrected chi connectivity index (χ2v) is 10.0. The van der Waals surface area contributed by atoms with E-state index in [1.165, 1.54) is 17.9 Å². The number of carbonyl (C=O) groups is 2. The molecule has 1 aliphatic rings. The van der Waals surface area contributed by atoms with E-state index in [1.807, 2.05) is 26.0 Å². The summed E-state index contributed by atoms with van der Waals surface area (Å²) >= 11 is 2.13. The van der Waals surface area contributed by atoms with Crippen molar-refractivity contribution in [3.63, 3.8) is 0 Å². The summed E-state index contributed by atoms with van der Waals surface area (Å²) in [4.78, 5) is 31.2. The van der Waals surface area contributed by atoms with Crippen molar-refractivity contribution in [1.82, 2.24) is 20.1 Å². The topological polar surface area (TPSA) is 122 Å². The number of nitriles is 1. The van der Waals surface area contributed by atoms with Crippen molar-refractivity contribution in [3.05, 3.63) is 62.5 Å². The first-order chi connectivity index (χ1) is 16.7. The molecule has 1 atom stereocenters. The Morgan fingerprint density at radius 2 is 1.97 bits per heavy atom. The lowest BCUT2D eigenvalue weighted by Gasteiger charge is -2.24. The summed E-state index contributed by atoms with van der Waals surface area (Å²) in [5, 5.41) is 19.8. The highest BCUT2D eigenvalue weighted by molar-refractivity contribution is 14.1. The summed E-state index contributed by atoms with van der Waals surface area (Å²) in [7, 11) is 1.47. The molecule has 2 aromatic heterocycles. The number of halogens is 1. The molecule has 1 unspecified atom stereocenters. The molecule has 0 spiro atoms. The van der Waals surface area contributed by atoms with Gasteiger partial charge in [-0.15, -0.1) is 5.10 Å². The van der Waals surface area contributed by atoms with Gasteiger partial charge in [0.05, 0.1) is 24.4 Å². The minimum Gasteiger partial charge on any atom is -0.480 e. The standard InChI is InChI=1S/C25H25IN6O3/c1-14-6-5-9-28-22(14)32-19(12-20(31-32)35-4)24(34)29-21-15(2)10-17(26)11-18(21)23(33)30-25(3,13-27)16-7-8-16/h5-6,9-12,16H,7-8H2,1-4H3,(H,29,34)(H,30,33). The van der Waals surface area contributed by atoms with Crippen LogP contribution in [0.15, 0.2) is 36.5 Å². The highest BCUT2D eigenvalue weighted by Gasteiger charge is 2.43. The number of rotatable bonds is 7. The number of aryl methyl sites for hydroxylation is 2. The van der Waals surface area contributed by atoms with Gasteiger partial charge in [-0.1, -0.05) is 6.07 Å². The maximum absolute atomic E-state index is 13.5. The Labute approximate surface area is 217 Å². The second-order valence-electron chi connectivity index (χ2n) is 8.77. The van der Waals surface area contributed by atoms with E-state index in [9.17, 15) is 14.9 Å². The number of hydrogen-bond donors (Lipinski definition) is 2. The zero-order chi connectivity index (χ0) is 25.3. The zero-order valence-corrected chi connectivity index (χ0v) is 22.0. The maximum Gasteiger partial charge on any atom is 0.274 e. The van der Waals surface area contributed by atoms with Crippen LogP contribution in [0.25, 0.3) is 5.82 Å². The highest BCUT2D eigenvalue weighted by Crippen LogP contribution is 2.39. The zero-order valence-electron chi connectivity index (χ0n) is 19.8. The fourth-order valence-electron chi connectivity index (χ4n) is 3.93. The van der Waals surface area contributed by atoms with E-state index in [-0.39, 0.29) is 23.1 Å². The van der Waals surface area contributed by atoms with Crippen LogP contribution in [0.5, 0.6) is 5.88 Å². The van der Waals surface area contributed by atoms with E-state index in [0.717, 1.165) is 22.0 Å². The first-order valence-electron chi connectivity index (χ1n) is 11.1. The Bertz CT molecular complexity index is 1360. The van der Waals surface area contributed by atoms with Crippen molar-refractivity contribution in [1.29, 1.82) is 5.26 Å². The van der Waals surface area contributed by atoms with Crippen LogP contribution in [0.2, 0.25) is 0 Å². The number of ether oxygens (including phenoxy) is 1. The van der Waals surface area contributed by atoms with E-state index in [0.29, 0.717) is 17.1 Å². The molecular weight excluding hydrogens is 559 g/mol. The largest absolute Gasteiger partial charge is 0.480 e. The molecule has 2 N–H and O–H groups in total. The Kier molecular flexibility index (Phi) is 6.80. The molecule has 2 amide bonds. The van der Waals surface area contributed by atoms with Crippen molar-refractivity contribution in [2.75, 3.05) is 12.4 Å². The van der Waals surface area contributed by atoms with Gasteiger partial charge in [-0.05, 0) is 91.4 Å². The molecule has 2 heterocycles. The lowest BCUT2D eigenvalue weighted by molar-refractivity contribution is 0.0918. The summed E-state index contributed by atoms with van der Waals surface area (Å²) in [6, 6.07) is 11.0. The molecule has 1 aromatic carbocycles. The summed E-state index contributed by atoms with van der Waals surface area (Å²) < 4.78 is 7.52. The molecule has 0 saturated heterocycles. The molecule has 35 heavy (non-hydrogen) atoms. The number of nitrogens with one attached hydrogen (secondary N) is 2. The number of hydrogen-bond acceptors (Lipinski definition) is 6. The van der Waals surface area contributed by atoms with Gasteiger partial charge in [0.2, 0.25) is 5.88 Å². The van der Waals surface area contributed by atoms with Crippen molar-refractivity contribution in [2.45, 2.75) is 39.2 Å². The van der Waals surface area contributed by atoms with Gasteiger partial charge in [0, 0.05) is 15.8 Å². The molecular formula is C25H25IN6O3. The van der Waals surface area contributed by atoms with Crippen LogP contribution >= 0.6 is 22.6 Å². The Morgan fingerprint density at radius 3 is 2.60 bits per heavy atom. The summed E-state index contributed by atoms with van der Waals surface area (Å²) in [6.45, 7) is 5.43. The van der Waals surface area contributed by atoms with Crippen LogP contribution < -0.4 is 15.4 Å². The smallest absolute Gasteiger partial charge is 0.274 e. The SMILES string of the molecule is COc1cc(C(=O)Nc2c(C)cc(I)cc2C(=O)NC(C)(C#N)C2CC2)n(-c2ncccc2C)n1. The van der Waals surface area contributed by atoms with Gasteiger partial charge in [-0.25, -0.2) is 9.67 Å². The molecule has 10 heteroatoms. The molecule has 9 nitrogen and oxygen atoms in total. The van der Waals surface area contributed by atoms with E-state index in [1.54, 1.807) is 25.3 Å². The van der Waals surface area contributed by atoms with E-state index >= 15 is 0 Å². The van der Waals surface area contributed by atoms with Crippen molar-refractivity contribution < 1.29 is 14.3 Å². The Morgan fingerprint density at radius 1 is 1.23 bits per heavy atom. The summed E-state index contributed by atoms with van der Waals surface area (Å²) in [5.41, 5.74) is 1.44. The number of benzene rings is 1. The van der Waals surface area contributed by atoms with Crippen molar-refractivity contribution in [2.24, 2.45) is 5.92 Å². The van der Waals surface area contributed by atoms with Gasteiger partial charge in [-0.2, -0.15) is 5.26 Å². The quantitative estimate of drug-likeness (QED) is 0.402. The molecule has 0 bridgehead atoms. The van der Waals surface area contributed by atoms with Crippen LogP contribution in [0, 0.1) is 34.7 Å². The van der Waals surface area contributed by atoms with Crippen LogP contribution in [-0.2, 0) is 0 Å². The van der Waals surface area contributed by atoms with Crippen LogP contribution in [0.4, 0.5) is 5.69 Å². The molecule has 0 aliphatic heterocycles. The van der Waals surface area contributed by atoms with Crippen molar-refractivity contribution >= 4 is 40.1 Å². The first kappa shape index (κ1) is 24.7. The minimum atomic E-state index is -0.962. The predicted octanol–water partition coefficient (Wildman–Crippen LogP) is 4.17. The number of nitrogens with zero attached hydrogens (tertiary/aromatic N) is 4.